The molecule has 0 aromatic carbocycles. The number of rotatable bonds is 1. The van der Waals surface area contributed by atoms with E-state index in [1.165, 1.54) is 24.9 Å². The van der Waals surface area contributed by atoms with Crippen molar-refractivity contribution >= 4 is 30.3 Å². The molecule has 10 heavy (non-hydrogen) atoms. The third kappa shape index (κ3) is 201. The Morgan fingerprint density at radius 3 is 1.60 bits per heavy atom. The summed E-state index contributed by atoms with van der Waals surface area (Å²) in [7, 11) is 3.25. The average molecular weight is 199 g/mol. The number of hydrogen-bond donors (Lipinski definition) is 0. The molecule has 0 saturated heterocycles. The van der Waals surface area contributed by atoms with Gasteiger partial charge in [0.2, 0.25) is 0 Å². The van der Waals surface area contributed by atoms with Crippen LogP contribution in [0.15, 0.2) is 0 Å². The van der Waals surface area contributed by atoms with Crippen molar-refractivity contribution in [1.29, 1.82) is 0 Å². The van der Waals surface area contributed by atoms with Gasteiger partial charge in [-0.25, -0.2) is 0 Å². The molecule has 0 fully saturated rings. The van der Waals surface area contributed by atoms with Crippen LogP contribution in [0.25, 0.3) is 0 Å². The third-order valence-corrected chi connectivity index (χ3v) is 0.866. The van der Waals surface area contributed by atoms with Crippen molar-refractivity contribution in [3.8, 4) is 0 Å². The van der Waals surface area contributed by atoms with Crippen molar-refractivity contribution in [3.05, 3.63) is 0 Å². The summed E-state index contributed by atoms with van der Waals surface area (Å²) in [5.74, 6) is 0. The fraction of sp³-hybridized carbons (Fsp3) is 0.800. The van der Waals surface area contributed by atoms with Crippen LogP contribution in [-0.2, 0) is 26.0 Å². The van der Waals surface area contributed by atoms with Crippen LogP contribution in [0.1, 0.15) is 20.3 Å². The Hall–Kier alpha value is 0.561. The molecule has 0 aromatic rings. The first-order chi connectivity index (χ1) is 4.33. The van der Waals surface area contributed by atoms with E-state index in [-0.39, 0.29) is 16.5 Å². The van der Waals surface area contributed by atoms with Crippen LogP contribution in [0.3, 0.4) is 0 Å². The van der Waals surface area contributed by atoms with Gasteiger partial charge in [-0.2, -0.15) is 6.92 Å². The van der Waals surface area contributed by atoms with Gasteiger partial charge in [-0.3, -0.25) is 6.29 Å². The van der Waals surface area contributed by atoms with Gasteiger partial charge in [0.25, 0.3) is 0 Å². The van der Waals surface area contributed by atoms with Gasteiger partial charge in [-0.05, 0) is 0 Å². The van der Waals surface area contributed by atoms with Crippen LogP contribution in [0, 0.1) is 0 Å². The standard InChI is InChI=1S/C3H7.C2H3O.Al.BO.Ni/c1-3-2;1-2-3;;1-2;/h1,3H2,2H3;1H3;;;/q;-1;;;. The molecule has 59 valence electrons. The van der Waals surface area contributed by atoms with Crippen molar-refractivity contribution in [2.75, 3.05) is 0 Å². The van der Waals surface area contributed by atoms with Gasteiger partial charge in [-0.1, -0.05) is 13.3 Å². The Bertz CT molecular complexity index is 46.6. The molecule has 0 unspecified atom stereocenters. The zero-order valence-corrected chi connectivity index (χ0v) is 8.34. The first-order valence-corrected chi connectivity index (χ1v) is 3.37. The van der Waals surface area contributed by atoms with Crippen LogP contribution >= 0.6 is 0 Å². The van der Waals surface area contributed by atoms with Gasteiger partial charge in [0, 0.05) is 16.5 Å². The summed E-state index contributed by atoms with van der Waals surface area (Å²) < 4.78 is 7.75. The second-order valence-electron chi connectivity index (χ2n) is 0.993. The van der Waals surface area contributed by atoms with Gasteiger partial charge in [0.15, 0.2) is 0 Å². The Balaban J connectivity index is -0.0000000273. The van der Waals surface area contributed by atoms with Crippen molar-refractivity contribution in [2.24, 2.45) is 0 Å². The Morgan fingerprint density at radius 1 is 1.50 bits per heavy atom. The zero-order valence-electron chi connectivity index (χ0n) is 6.20. The maximum atomic E-state index is 8.68. The second kappa shape index (κ2) is 55.3. The first-order valence-electron chi connectivity index (χ1n) is 2.56. The smallest absolute Gasteiger partial charge is 0 e. The van der Waals surface area contributed by atoms with Crippen molar-refractivity contribution in [3.63, 3.8) is 0 Å². The Kier molecular flexibility index (Phi) is 124. The minimum Gasteiger partial charge on any atom is 0 e. The molecule has 0 aliphatic carbocycles. The fourth-order valence-electron chi connectivity index (χ4n) is 0. The summed E-state index contributed by atoms with van der Waals surface area (Å²) in [5.41, 5.74) is 0. The summed E-state index contributed by atoms with van der Waals surface area (Å²) in [6.45, 7) is 3.48. The minimum atomic E-state index is 0. The van der Waals surface area contributed by atoms with E-state index in [4.69, 9.17) is 9.50 Å². The second-order valence-corrected chi connectivity index (χ2v) is 1.57. The molecule has 0 bridgehead atoms. The molecular formula is C5H10AlBNiO2-. The van der Waals surface area contributed by atoms with Crippen molar-refractivity contribution < 1.29 is 26.0 Å². The third-order valence-electron chi connectivity index (χ3n) is 0.289. The summed E-state index contributed by atoms with van der Waals surface area (Å²) in [4.78, 5) is 8.68. The van der Waals surface area contributed by atoms with Crippen LogP contribution in [-0.4, -0.2) is 30.3 Å². The van der Waals surface area contributed by atoms with Gasteiger partial charge >= 0.3 is 12.4 Å². The summed E-state index contributed by atoms with van der Waals surface area (Å²) in [5, 5.41) is 1.24. The molecule has 3 radical (unpaired) electrons. The topological polar surface area (TPSA) is 34.1 Å². The van der Waals surface area contributed by atoms with E-state index in [2.05, 4.69) is 30.9 Å². The molecule has 0 aliphatic rings. The van der Waals surface area contributed by atoms with Crippen molar-refractivity contribution in [1.82, 2.24) is 0 Å². The number of carbonyl (C=O) groups excluding carboxylic acids is 1. The molecule has 0 N–H and O–H groups in total. The molecule has 0 amide bonds. The Labute approximate surface area is 81.9 Å². The quantitative estimate of drug-likeness (QED) is 0.457. The normalized spacial score (nSPS) is 4.50. The first kappa shape index (κ1) is 22.4. The summed E-state index contributed by atoms with van der Waals surface area (Å²) in [6.07, 6.45) is 2.78. The number of hydrogen-bond acceptors (Lipinski definition) is 2. The van der Waals surface area contributed by atoms with E-state index in [1.54, 1.807) is 0 Å². The van der Waals surface area contributed by atoms with Crippen molar-refractivity contribution in [2.45, 2.75) is 25.6 Å². The van der Waals surface area contributed by atoms with E-state index < -0.39 is 0 Å². The maximum absolute atomic E-state index is 8.68. The zero-order chi connectivity index (χ0) is 8.12. The summed E-state index contributed by atoms with van der Waals surface area (Å²) >= 11 is 2.66. The monoisotopic (exact) mass is 198 g/mol. The van der Waals surface area contributed by atoms with E-state index in [1.807, 2.05) is 0 Å². The molecule has 0 aliphatic heterocycles. The molecule has 0 aromatic heterocycles. The SMILES string of the molecule is CC[CH2][Al].C[C-]=O.[B]=O.[Ni]. The average Bonchev–Trinajstić information content (AvgIpc) is 1.94. The van der Waals surface area contributed by atoms with Crippen LogP contribution in [0.5, 0.6) is 0 Å². The van der Waals surface area contributed by atoms with Gasteiger partial charge in [0.1, 0.15) is 16.3 Å². The Morgan fingerprint density at radius 2 is 1.60 bits per heavy atom. The van der Waals surface area contributed by atoms with Gasteiger partial charge in [0.05, 0.1) is 0 Å². The molecule has 0 saturated carbocycles. The van der Waals surface area contributed by atoms with Crippen LogP contribution < -0.4 is 0 Å². The van der Waals surface area contributed by atoms with Crippen LogP contribution in [0.2, 0.25) is 5.28 Å². The molecule has 0 spiro atoms. The summed E-state index contributed by atoms with van der Waals surface area (Å²) in [6, 6.07) is 0. The van der Waals surface area contributed by atoms with Gasteiger partial charge < -0.3 is 4.79 Å². The van der Waals surface area contributed by atoms with E-state index in [0.29, 0.717) is 0 Å². The fourth-order valence-corrected chi connectivity index (χ4v) is 0. The molecule has 5 heteroatoms. The molecular weight excluding hydrogens is 189 g/mol. The van der Waals surface area contributed by atoms with E-state index in [9.17, 15) is 0 Å². The minimum absolute atomic E-state index is 0. The molecule has 0 heterocycles. The van der Waals surface area contributed by atoms with Gasteiger partial charge in [-0.15, -0.1) is 5.28 Å². The molecule has 0 atom stereocenters. The molecule has 2 nitrogen and oxygen atoms in total. The maximum Gasteiger partial charge on any atom is 0 e. The molecule has 0 rings (SSSR count). The largest absolute Gasteiger partial charge is 0 e. The van der Waals surface area contributed by atoms with Crippen LogP contribution in [0.4, 0.5) is 0 Å². The predicted molar refractivity (Wildman–Crippen MR) is 38.7 cm³/mol. The predicted octanol–water partition coefficient (Wildman–Crippen LogP) is 0.597. The van der Waals surface area contributed by atoms with E-state index >= 15 is 0 Å². The van der Waals surface area contributed by atoms with E-state index in [0.717, 1.165) is 0 Å².